The Bertz CT molecular complexity index is 107. The summed E-state index contributed by atoms with van der Waals surface area (Å²) in [6, 6.07) is 0.572. The lowest BCUT2D eigenvalue weighted by atomic mass is 10.3. The molecule has 1 rings (SSSR count). The van der Waals surface area contributed by atoms with Crippen molar-refractivity contribution < 1.29 is 4.74 Å². The van der Waals surface area contributed by atoms with Crippen LogP contribution in [-0.4, -0.2) is 51.3 Å². The van der Waals surface area contributed by atoms with Gasteiger partial charge in [0, 0.05) is 19.7 Å². The lowest BCUT2D eigenvalue weighted by Crippen LogP contribution is -2.42. The molecule has 0 spiro atoms. The van der Waals surface area contributed by atoms with E-state index >= 15 is 0 Å². The smallest absolute Gasteiger partial charge is 0.0630 e. The van der Waals surface area contributed by atoms with Crippen LogP contribution in [0.5, 0.6) is 0 Å². The van der Waals surface area contributed by atoms with Crippen LogP contribution in [0, 0.1) is 0 Å². The van der Waals surface area contributed by atoms with Crippen LogP contribution in [0.3, 0.4) is 0 Å². The Kier molecular flexibility index (Phi) is 4.58. The van der Waals surface area contributed by atoms with Crippen molar-refractivity contribution in [3.05, 3.63) is 0 Å². The predicted molar refractivity (Wildman–Crippen MR) is 50.4 cm³/mol. The Morgan fingerprint density at radius 2 is 2.08 bits per heavy atom. The largest absolute Gasteiger partial charge is 0.383 e. The maximum atomic E-state index is 5.19. The normalized spacial score (nSPS) is 21.5. The van der Waals surface area contributed by atoms with Crippen LogP contribution in [0.15, 0.2) is 0 Å². The first-order chi connectivity index (χ1) is 5.88. The number of nitrogens with one attached hydrogen (secondary N) is 1. The van der Waals surface area contributed by atoms with Crippen molar-refractivity contribution in [2.24, 2.45) is 0 Å². The molecule has 0 bridgehead atoms. The number of rotatable bonds is 5. The van der Waals surface area contributed by atoms with Crippen LogP contribution < -0.4 is 5.32 Å². The van der Waals surface area contributed by atoms with E-state index in [2.05, 4.69) is 10.2 Å². The van der Waals surface area contributed by atoms with Gasteiger partial charge >= 0.3 is 0 Å². The highest BCUT2D eigenvalue weighted by Gasteiger charge is 2.20. The third-order valence-corrected chi connectivity index (χ3v) is 2.46. The van der Waals surface area contributed by atoms with Gasteiger partial charge in [0.2, 0.25) is 0 Å². The van der Waals surface area contributed by atoms with E-state index in [1.165, 1.54) is 25.9 Å². The number of methoxy groups -OCH3 is 1. The fourth-order valence-corrected chi connectivity index (χ4v) is 1.83. The fourth-order valence-electron chi connectivity index (χ4n) is 1.83. The topological polar surface area (TPSA) is 24.5 Å². The van der Waals surface area contributed by atoms with E-state index in [0.29, 0.717) is 6.04 Å². The molecule has 1 saturated heterocycles. The first kappa shape index (κ1) is 9.96. The van der Waals surface area contributed by atoms with E-state index in [0.717, 1.165) is 13.2 Å². The molecule has 0 aromatic carbocycles. The Morgan fingerprint density at radius 1 is 1.42 bits per heavy atom. The van der Waals surface area contributed by atoms with Crippen LogP contribution in [0.2, 0.25) is 0 Å². The quantitative estimate of drug-likeness (QED) is 0.646. The predicted octanol–water partition coefficient (Wildman–Crippen LogP) is 0.317. The lowest BCUT2D eigenvalue weighted by Gasteiger charge is -2.26. The summed E-state index contributed by atoms with van der Waals surface area (Å²) >= 11 is 0. The average Bonchev–Trinajstić information content (AvgIpc) is 2.56. The minimum Gasteiger partial charge on any atom is -0.383 e. The molecule has 12 heavy (non-hydrogen) atoms. The average molecular weight is 172 g/mol. The van der Waals surface area contributed by atoms with Gasteiger partial charge in [-0.15, -0.1) is 0 Å². The highest BCUT2D eigenvalue weighted by Crippen LogP contribution is 2.11. The number of hydrogen-bond donors (Lipinski definition) is 1. The highest BCUT2D eigenvalue weighted by molar-refractivity contribution is 4.77. The fraction of sp³-hybridized carbons (Fsp3) is 1.00. The van der Waals surface area contributed by atoms with E-state index in [9.17, 15) is 0 Å². The first-order valence-corrected chi connectivity index (χ1v) is 4.76. The molecule has 1 fully saturated rings. The molecule has 0 aromatic rings. The highest BCUT2D eigenvalue weighted by atomic mass is 16.5. The van der Waals surface area contributed by atoms with Crippen molar-refractivity contribution in [2.75, 3.05) is 40.4 Å². The van der Waals surface area contributed by atoms with Crippen molar-refractivity contribution in [3.8, 4) is 0 Å². The van der Waals surface area contributed by atoms with Crippen molar-refractivity contribution >= 4 is 0 Å². The molecule has 0 radical (unpaired) electrons. The minimum absolute atomic E-state index is 0.572. The third-order valence-electron chi connectivity index (χ3n) is 2.46. The summed E-state index contributed by atoms with van der Waals surface area (Å²) in [6.45, 7) is 4.38. The van der Waals surface area contributed by atoms with Crippen LogP contribution in [0.4, 0.5) is 0 Å². The van der Waals surface area contributed by atoms with E-state index in [4.69, 9.17) is 4.74 Å². The maximum absolute atomic E-state index is 5.19. The molecule has 1 N–H and O–H groups in total. The molecular formula is C9H20N2O. The molecule has 1 aliphatic heterocycles. The Balaban J connectivity index is 2.29. The van der Waals surface area contributed by atoms with Gasteiger partial charge in [-0.3, -0.25) is 4.90 Å². The molecule has 1 aliphatic rings. The summed E-state index contributed by atoms with van der Waals surface area (Å²) < 4.78 is 5.19. The minimum atomic E-state index is 0.572. The molecule has 1 unspecified atom stereocenters. The molecule has 3 heteroatoms. The van der Waals surface area contributed by atoms with Crippen LogP contribution in [0.1, 0.15) is 12.8 Å². The summed E-state index contributed by atoms with van der Waals surface area (Å²) in [7, 11) is 3.78. The van der Waals surface area contributed by atoms with Gasteiger partial charge in [-0.2, -0.15) is 0 Å². The zero-order valence-corrected chi connectivity index (χ0v) is 8.18. The van der Waals surface area contributed by atoms with Crippen molar-refractivity contribution in [1.82, 2.24) is 10.2 Å². The van der Waals surface area contributed by atoms with Gasteiger partial charge in [0.25, 0.3) is 0 Å². The number of likely N-dealkylation sites (N-methyl/N-ethyl adjacent to an activating group) is 1. The molecule has 0 saturated carbocycles. The monoisotopic (exact) mass is 172 g/mol. The summed E-state index contributed by atoms with van der Waals surface area (Å²) in [5, 5.41) is 3.21. The summed E-state index contributed by atoms with van der Waals surface area (Å²) in [5.74, 6) is 0. The number of likely N-dealkylation sites (tertiary alicyclic amines) is 1. The lowest BCUT2D eigenvalue weighted by molar-refractivity contribution is 0.105. The SMILES string of the molecule is CNCC(COC)N1CCCC1. The first-order valence-electron chi connectivity index (χ1n) is 4.76. The van der Waals surface area contributed by atoms with E-state index in [1.54, 1.807) is 7.11 Å². The molecular weight excluding hydrogens is 152 g/mol. The Morgan fingerprint density at radius 3 is 2.58 bits per heavy atom. The standard InChI is InChI=1S/C9H20N2O/c1-10-7-9(8-12-2)11-5-3-4-6-11/h9-10H,3-8H2,1-2H3. The summed E-state index contributed by atoms with van der Waals surface area (Å²) in [4.78, 5) is 2.51. The summed E-state index contributed by atoms with van der Waals surface area (Å²) in [6.07, 6.45) is 2.70. The van der Waals surface area contributed by atoms with Crippen LogP contribution >= 0.6 is 0 Å². The second-order valence-electron chi connectivity index (χ2n) is 3.41. The van der Waals surface area contributed by atoms with E-state index in [1.807, 2.05) is 7.05 Å². The molecule has 0 aromatic heterocycles. The number of nitrogens with zero attached hydrogens (tertiary/aromatic N) is 1. The zero-order valence-electron chi connectivity index (χ0n) is 8.18. The van der Waals surface area contributed by atoms with Gasteiger partial charge in [0.15, 0.2) is 0 Å². The Hall–Kier alpha value is -0.120. The maximum Gasteiger partial charge on any atom is 0.0630 e. The van der Waals surface area contributed by atoms with Crippen LogP contribution in [0.25, 0.3) is 0 Å². The van der Waals surface area contributed by atoms with Crippen molar-refractivity contribution in [1.29, 1.82) is 0 Å². The number of ether oxygens (including phenoxy) is 1. The van der Waals surface area contributed by atoms with Gasteiger partial charge in [-0.1, -0.05) is 0 Å². The molecule has 1 atom stereocenters. The second kappa shape index (κ2) is 5.51. The molecule has 3 nitrogen and oxygen atoms in total. The van der Waals surface area contributed by atoms with Gasteiger partial charge in [0.05, 0.1) is 6.61 Å². The van der Waals surface area contributed by atoms with Crippen LogP contribution in [-0.2, 0) is 4.74 Å². The Labute approximate surface area is 75.1 Å². The zero-order chi connectivity index (χ0) is 8.81. The van der Waals surface area contributed by atoms with Gasteiger partial charge in [0.1, 0.15) is 0 Å². The van der Waals surface area contributed by atoms with Gasteiger partial charge < -0.3 is 10.1 Å². The van der Waals surface area contributed by atoms with Crippen molar-refractivity contribution in [2.45, 2.75) is 18.9 Å². The second-order valence-corrected chi connectivity index (χ2v) is 3.41. The number of hydrogen-bond acceptors (Lipinski definition) is 3. The van der Waals surface area contributed by atoms with E-state index < -0.39 is 0 Å². The van der Waals surface area contributed by atoms with Gasteiger partial charge in [-0.25, -0.2) is 0 Å². The van der Waals surface area contributed by atoms with E-state index in [-0.39, 0.29) is 0 Å². The molecule has 0 amide bonds. The third kappa shape index (κ3) is 2.73. The van der Waals surface area contributed by atoms with Crippen molar-refractivity contribution in [3.63, 3.8) is 0 Å². The van der Waals surface area contributed by atoms with Gasteiger partial charge in [-0.05, 0) is 33.0 Å². The molecule has 1 heterocycles. The molecule has 72 valence electrons. The molecule has 0 aliphatic carbocycles. The summed E-state index contributed by atoms with van der Waals surface area (Å²) in [5.41, 5.74) is 0.